The van der Waals surface area contributed by atoms with Gasteiger partial charge in [-0.1, -0.05) is 28.1 Å². The highest BCUT2D eigenvalue weighted by atomic mass is 79.9. The molecule has 2 rings (SSSR count). The van der Waals surface area contributed by atoms with Gasteiger partial charge in [0.15, 0.2) is 0 Å². The van der Waals surface area contributed by atoms with Crippen LogP contribution in [0, 0.1) is 5.92 Å². The normalized spacial score (nSPS) is 16.8. The van der Waals surface area contributed by atoms with Gasteiger partial charge in [-0.15, -0.1) is 0 Å². The maximum atomic E-state index is 11.9. The molecule has 1 saturated heterocycles. The third-order valence-corrected chi connectivity index (χ3v) is 3.56. The fourth-order valence-corrected chi connectivity index (χ4v) is 2.51. The smallest absolute Gasteiger partial charge is 0.223 e. The second-order valence-corrected chi connectivity index (χ2v) is 5.29. The lowest BCUT2D eigenvalue weighted by molar-refractivity contribution is -0.125. The lowest BCUT2D eigenvalue weighted by Crippen LogP contribution is -2.37. The summed E-state index contributed by atoms with van der Waals surface area (Å²) >= 11 is 3.42. The van der Waals surface area contributed by atoms with E-state index >= 15 is 0 Å². The third-order valence-electron chi connectivity index (χ3n) is 3.07. The van der Waals surface area contributed by atoms with Gasteiger partial charge in [0.25, 0.3) is 0 Å². The molecule has 1 aromatic carbocycles. The Kier molecular flexibility index (Phi) is 4.57. The molecule has 0 spiro atoms. The Labute approximate surface area is 110 Å². The first kappa shape index (κ1) is 12.6. The maximum Gasteiger partial charge on any atom is 0.223 e. The number of amides is 1. The van der Waals surface area contributed by atoms with E-state index in [0.29, 0.717) is 6.54 Å². The van der Waals surface area contributed by atoms with Crippen LogP contribution < -0.4 is 10.6 Å². The largest absolute Gasteiger partial charge is 0.352 e. The van der Waals surface area contributed by atoms with Gasteiger partial charge in [0, 0.05) is 16.9 Å². The molecular formula is C13H17BrN2O. The maximum absolute atomic E-state index is 11.9. The third kappa shape index (κ3) is 3.82. The number of hydrogen-bond donors (Lipinski definition) is 2. The molecule has 92 valence electrons. The number of hydrogen-bond acceptors (Lipinski definition) is 2. The fraction of sp³-hybridized carbons (Fsp3) is 0.462. The van der Waals surface area contributed by atoms with E-state index in [-0.39, 0.29) is 11.8 Å². The van der Waals surface area contributed by atoms with E-state index in [1.54, 1.807) is 0 Å². The summed E-state index contributed by atoms with van der Waals surface area (Å²) in [6.45, 7) is 2.52. The van der Waals surface area contributed by atoms with Crippen LogP contribution in [0.3, 0.4) is 0 Å². The molecule has 0 aromatic heterocycles. The van der Waals surface area contributed by atoms with Crippen molar-refractivity contribution in [3.05, 3.63) is 34.3 Å². The minimum absolute atomic E-state index is 0.184. The lowest BCUT2D eigenvalue weighted by Gasteiger charge is -2.21. The van der Waals surface area contributed by atoms with E-state index in [0.717, 1.165) is 36.0 Å². The Balaban J connectivity index is 1.83. The van der Waals surface area contributed by atoms with E-state index in [9.17, 15) is 4.79 Å². The molecular weight excluding hydrogens is 280 g/mol. The Morgan fingerprint density at radius 2 is 2.18 bits per heavy atom. The van der Waals surface area contributed by atoms with Crippen LogP contribution in [-0.4, -0.2) is 19.0 Å². The molecule has 3 nitrogen and oxygen atoms in total. The second-order valence-electron chi connectivity index (χ2n) is 4.37. The zero-order valence-corrected chi connectivity index (χ0v) is 11.3. The summed E-state index contributed by atoms with van der Waals surface area (Å²) < 4.78 is 1.05. The summed E-state index contributed by atoms with van der Waals surface area (Å²) in [5.41, 5.74) is 1.13. The van der Waals surface area contributed by atoms with Gasteiger partial charge in [0.1, 0.15) is 0 Å². The van der Waals surface area contributed by atoms with Crippen LogP contribution in [0.2, 0.25) is 0 Å². The molecule has 0 saturated carbocycles. The number of carbonyl (C=O) groups is 1. The van der Waals surface area contributed by atoms with E-state index in [2.05, 4.69) is 26.6 Å². The Morgan fingerprint density at radius 3 is 2.88 bits per heavy atom. The van der Waals surface area contributed by atoms with Crippen LogP contribution in [0.5, 0.6) is 0 Å². The van der Waals surface area contributed by atoms with Crippen molar-refractivity contribution in [1.29, 1.82) is 0 Å². The topological polar surface area (TPSA) is 41.1 Å². The van der Waals surface area contributed by atoms with Crippen LogP contribution >= 0.6 is 15.9 Å². The number of carbonyl (C=O) groups excluding carboxylic acids is 1. The van der Waals surface area contributed by atoms with Gasteiger partial charge in [-0.25, -0.2) is 0 Å². The highest BCUT2D eigenvalue weighted by molar-refractivity contribution is 9.10. The zero-order valence-electron chi connectivity index (χ0n) is 9.71. The monoisotopic (exact) mass is 296 g/mol. The van der Waals surface area contributed by atoms with Gasteiger partial charge >= 0.3 is 0 Å². The van der Waals surface area contributed by atoms with Gasteiger partial charge < -0.3 is 10.6 Å². The zero-order chi connectivity index (χ0) is 12.1. The molecule has 1 amide bonds. The van der Waals surface area contributed by atoms with Crippen LogP contribution in [0.4, 0.5) is 0 Å². The van der Waals surface area contributed by atoms with Gasteiger partial charge in [-0.2, -0.15) is 0 Å². The summed E-state index contributed by atoms with van der Waals surface area (Å²) in [6, 6.07) is 8.02. The number of nitrogens with one attached hydrogen (secondary N) is 2. The highest BCUT2D eigenvalue weighted by Gasteiger charge is 2.20. The SMILES string of the molecule is O=C(NCc1cccc(Br)c1)C1CCNCC1. The van der Waals surface area contributed by atoms with Crippen molar-refractivity contribution in [1.82, 2.24) is 10.6 Å². The summed E-state index contributed by atoms with van der Waals surface area (Å²) in [5.74, 6) is 0.370. The van der Waals surface area contributed by atoms with Gasteiger partial charge in [0.2, 0.25) is 5.91 Å². The van der Waals surface area contributed by atoms with E-state index in [1.807, 2.05) is 24.3 Å². The number of piperidine rings is 1. The highest BCUT2D eigenvalue weighted by Crippen LogP contribution is 2.13. The number of benzene rings is 1. The standard InChI is InChI=1S/C13H17BrN2O/c14-12-3-1-2-10(8-12)9-16-13(17)11-4-6-15-7-5-11/h1-3,8,11,15H,4-7,9H2,(H,16,17). The van der Waals surface area contributed by atoms with Crippen LogP contribution in [-0.2, 0) is 11.3 Å². The van der Waals surface area contributed by atoms with Crippen molar-refractivity contribution in [3.8, 4) is 0 Å². The first-order valence-electron chi connectivity index (χ1n) is 5.98. The molecule has 0 unspecified atom stereocenters. The molecule has 0 atom stereocenters. The molecule has 1 heterocycles. The Hall–Kier alpha value is -0.870. The molecule has 0 aliphatic carbocycles. The van der Waals surface area contributed by atoms with Crippen molar-refractivity contribution < 1.29 is 4.79 Å². The quantitative estimate of drug-likeness (QED) is 0.896. The average Bonchev–Trinajstić information content (AvgIpc) is 2.37. The Morgan fingerprint density at radius 1 is 1.41 bits per heavy atom. The first-order valence-corrected chi connectivity index (χ1v) is 6.78. The van der Waals surface area contributed by atoms with Crippen molar-refractivity contribution in [2.75, 3.05) is 13.1 Å². The molecule has 17 heavy (non-hydrogen) atoms. The van der Waals surface area contributed by atoms with Crippen LogP contribution in [0.25, 0.3) is 0 Å². The van der Waals surface area contributed by atoms with Gasteiger partial charge in [-0.3, -0.25) is 4.79 Å². The van der Waals surface area contributed by atoms with E-state index in [4.69, 9.17) is 0 Å². The van der Waals surface area contributed by atoms with Crippen molar-refractivity contribution in [2.45, 2.75) is 19.4 Å². The van der Waals surface area contributed by atoms with E-state index < -0.39 is 0 Å². The molecule has 1 fully saturated rings. The molecule has 0 bridgehead atoms. The second kappa shape index (κ2) is 6.17. The van der Waals surface area contributed by atoms with Crippen molar-refractivity contribution >= 4 is 21.8 Å². The fourth-order valence-electron chi connectivity index (χ4n) is 2.06. The number of halogens is 1. The van der Waals surface area contributed by atoms with E-state index in [1.165, 1.54) is 0 Å². The molecule has 2 N–H and O–H groups in total. The van der Waals surface area contributed by atoms with Crippen LogP contribution in [0.15, 0.2) is 28.7 Å². The minimum atomic E-state index is 0.184. The van der Waals surface area contributed by atoms with Crippen molar-refractivity contribution in [3.63, 3.8) is 0 Å². The van der Waals surface area contributed by atoms with Crippen LogP contribution in [0.1, 0.15) is 18.4 Å². The van der Waals surface area contributed by atoms with Crippen molar-refractivity contribution in [2.24, 2.45) is 5.92 Å². The summed E-state index contributed by atoms with van der Waals surface area (Å²) in [6.07, 6.45) is 1.90. The predicted molar refractivity (Wildman–Crippen MR) is 71.6 cm³/mol. The van der Waals surface area contributed by atoms with Gasteiger partial charge in [-0.05, 0) is 43.6 Å². The molecule has 1 aromatic rings. The molecule has 0 radical (unpaired) electrons. The first-order chi connectivity index (χ1) is 8.25. The summed E-state index contributed by atoms with van der Waals surface area (Å²) in [5, 5.41) is 6.27. The summed E-state index contributed by atoms with van der Waals surface area (Å²) in [4.78, 5) is 11.9. The molecule has 1 aliphatic heterocycles. The lowest BCUT2D eigenvalue weighted by atomic mass is 9.97. The molecule has 1 aliphatic rings. The number of rotatable bonds is 3. The summed E-state index contributed by atoms with van der Waals surface area (Å²) in [7, 11) is 0. The van der Waals surface area contributed by atoms with Gasteiger partial charge in [0.05, 0.1) is 0 Å². The predicted octanol–water partition coefficient (Wildman–Crippen LogP) is 2.06. The minimum Gasteiger partial charge on any atom is -0.352 e. The average molecular weight is 297 g/mol. The molecule has 4 heteroatoms. The Bertz CT molecular complexity index is 389.